The van der Waals surface area contributed by atoms with Crippen LogP contribution >= 0.6 is 27.5 Å². The van der Waals surface area contributed by atoms with Gasteiger partial charge in [0.1, 0.15) is 0 Å². The highest BCUT2D eigenvalue weighted by Crippen LogP contribution is 2.18. The third-order valence-electron chi connectivity index (χ3n) is 4.87. The maximum absolute atomic E-state index is 13.3. The largest absolute Gasteiger partial charge is 0.336 e. The molecule has 0 saturated carbocycles. The molecule has 0 radical (unpaired) electrons. The zero-order valence-corrected chi connectivity index (χ0v) is 18.3. The summed E-state index contributed by atoms with van der Waals surface area (Å²) in [5.74, 6) is -0.220. The van der Waals surface area contributed by atoms with Gasteiger partial charge < -0.3 is 0 Å². The van der Waals surface area contributed by atoms with Gasteiger partial charge >= 0.3 is 5.69 Å². The summed E-state index contributed by atoms with van der Waals surface area (Å²) in [7, 11) is 0. The van der Waals surface area contributed by atoms with Gasteiger partial charge in [0.25, 0.3) is 5.56 Å². The minimum atomic E-state index is -0.586. The maximum atomic E-state index is 13.3. The number of hydrogen-bond donors (Lipinski definition) is 0. The summed E-state index contributed by atoms with van der Waals surface area (Å²) in [6, 6.07) is 18.6. The minimum absolute atomic E-state index is 0.187. The van der Waals surface area contributed by atoms with Crippen LogP contribution < -0.4 is 11.2 Å². The van der Waals surface area contributed by atoms with E-state index in [-0.39, 0.29) is 12.3 Å². The fourth-order valence-electron chi connectivity index (χ4n) is 3.29. The van der Waals surface area contributed by atoms with Gasteiger partial charge in [-0.15, -0.1) is 0 Å². The Morgan fingerprint density at radius 2 is 1.63 bits per heavy atom. The van der Waals surface area contributed by atoms with E-state index >= 15 is 0 Å². The van der Waals surface area contributed by atoms with Gasteiger partial charge in [0.15, 0.2) is 5.78 Å². The zero-order valence-electron chi connectivity index (χ0n) is 15.9. The quantitative estimate of drug-likeness (QED) is 0.393. The first kappa shape index (κ1) is 20.3. The van der Waals surface area contributed by atoms with E-state index in [0.717, 1.165) is 10.1 Å². The lowest BCUT2D eigenvalue weighted by molar-refractivity contribution is 0.0971. The van der Waals surface area contributed by atoms with Gasteiger partial charge in [-0.2, -0.15) is 0 Å². The molecule has 0 aliphatic heterocycles. The van der Waals surface area contributed by atoms with E-state index in [1.54, 1.807) is 54.6 Å². The number of carbonyl (C=O) groups is 1. The molecule has 0 saturated heterocycles. The second-order valence-corrected chi connectivity index (χ2v) is 8.29. The lowest BCUT2D eigenvalue weighted by Gasteiger charge is -2.14. The van der Waals surface area contributed by atoms with Gasteiger partial charge in [-0.25, -0.2) is 9.36 Å². The van der Waals surface area contributed by atoms with E-state index in [0.29, 0.717) is 31.6 Å². The van der Waals surface area contributed by atoms with E-state index in [1.807, 2.05) is 19.1 Å². The van der Waals surface area contributed by atoms with Crippen molar-refractivity contribution in [3.8, 4) is 5.69 Å². The number of Topliss-reactive ketones (excluding diaryl/α,β-unsaturated/α-hetero) is 1. The van der Waals surface area contributed by atoms with Crippen molar-refractivity contribution < 1.29 is 4.79 Å². The smallest absolute Gasteiger partial charge is 0.292 e. The Balaban J connectivity index is 1.95. The predicted octanol–water partition coefficient (Wildman–Crippen LogP) is 4.76. The number of ketones is 1. The third kappa shape index (κ3) is 3.76. The van der Waals surface area contributed by atoms with Crippen molar-refractivity contribution in [1.29, 1.82) is 0 Å². The monoisotopic (exact) mass is 482 g/mol. The third-order valence-corrected chi connectivity index (χ3v) is 5.61. The standard InChI is InChI=1S/C23H16BrClN2O3/c1-14-2-4-15(5-3-14)21(28)13-26-20-11-6-16(24)12-19(20)22(29)27(23(26)30)18-9-7-17(25)8-10-18/h2-12H,13H2,1H3. The van der Waals surface area contributed by atoms with Crippen molar-refractivity contribution >= 4 is 44.2 Å². The number of halogens is 2. The first-order valence-corrected chi connectivity index (χ1v) is 10.3. The molecule has 0 bridgehead atoms. The van der Waals surface area contributed by atoms with Gasteiger partial charge in [-0.1, -0.05) is 57.4 Å². The normalized spacial score (nSPS) is 11.0. The van der Waals surface area contributed by atoms with Gasteiger partial charge in [0.2, 0.25) is 0 Å². The number of aryl methyl sites for hydroxylation is 1. The van der Waals surface area contributed by atoms with Crippen LogP contribution in [0, 0.1) is 6.92 Å². The topological polar surface area (TPSA) is 61.1 Å². The second-order valence-electron chi connectivity index (χ2n) is 6.94. The highest BCUT2D eigenvalue weighted by Gasteiger charge is 2.17. The van der Waals surface area contributed by atoms with Gasteiger partial charge in [-0.05, 0) is 49.4 Å². The number of aromatic nitrogens is 2. The summed E-state index contributed by atoms with van der Waals surface area (Å²) in [6.45, 7) is 1.75. The Morgan fingerprint density at radius 1 is 0.967 bits per heavy atom. The van der Waals surface area contributed by atoms with Crippen LogP contribution in [0.5, 0.6) is 0 Å². The SMILES string of the molecule is Cc1ccc(C(=O)Cn2c(=O)n(-c3ccc(Cl)cc3)c(=O)c3cc(Br)ccc32)cc1. The highest BCUT2D eigenvalue weighted by molar-refractivity contribution is 9.10. The molecule has 3 aromatic carbocycles. The van der Waals surface area contributed by atoms with Crippen LogP contribution in [0.25, 0.3) is 16.6 Å². The van der Waals surface area contributed by atoms with Crippen molar-refractivity contribution in [2.45, 2.75) is 13.5 Å². The first-order valence-electron chi connectivity index (χ1n) is 9.16. The van der Waals surface area contributed by atoms with Gasteiger partial charge in [0.05, 0.1) is 23.1 Å². The Morgan fingerprint density at radius 3 is 2.30 bits per heavy atom. The van der Waals surface area contributed by atoms with Crippen LogP contribution in [0.2, 0.25) is 5.02 Å². The summed E-state index contributed by atoms with van der Waals surface area (Å²) in [5, 5.41) is 0.820. The zero-order chi connectivity index (χ0) is 21.4. The van der Waals surface area contributed by atoms with Crippen LogP contribution in [0.1, 0.15) is 15.9 Å². The average Bonchev–Trinajstić information content (AvgIpc) is 2.73. The minimum Gasteiger partial charge on any atom is -0.292 e. The average molecular weight is 484 g/mol. The molecule has 0 aliphatic rings. The molecule has 150 valence electrons. The van der Waals surface area contributed by atoms with E-state index in [2.05, 4.69) is 15.9 Å². The number of carbonyl (C=O) groups excluding carboxylic acids is 1. The lowest BCUT2D eigenvalue weighted by Crippen LogP contribution is -2.40. The van der Waals surface area contributed by atoms with Crippen LogP contribution in [0.15, 0.2) is 80.8 Å². The molecule has 0 atom stereocenters. The van der Waals surface area contributed by atoms with Gasteiger partial charge in [-0.3, -0.25) is 14.2 Å². The first-order chi connectivity index (χ1) is 14.3. The number of fused-ring (bicyclic) bond motifs is 1. The van der Waals surface area contributed by atoms with E-state index in [4.69, 9.17) is 11.6 Å². The van der Waals surface area contributed by atoms with Crippen LogP contribution in [-0.4, -0.2) is 14.9 Å². The molecular formula is C23H16BrClN2O3. The van der Waals surface area contributed by atoms with Crippen molar-refractivity contribution in [3.05, 3.63) is 108 Å². The Bertz CT molecular complexity index is 1390. The fraction of sp³-hybridized carbons (Fsp3) is 0.0870. The molecule has 0 amide bonds. The molecule has 4 rings (SSSR count). The Hall–Kier alpha value is -2.96. The molecule has 1 heterocycles. The van der Waals surface area contributed by atoms with Crippen LogP contribution in [0.4, 0.5) is 0 Å². The van der Waals surface area contributed by atoms with Crippen molar-refractivity contribution in [2.75, 3.05) is 0 Å². The van der Waals surface area contributed by atoms with E-state index < -0.39 is 11.2 Å². The summed E-state index contributed by atoms with van der Waals surface area (Å²) < 4.78 is 3.10. The van der Waals surface area contributed by atoms with E-state index in [9.17, 15) is 14.4 Å². The number of benzene rings is 3. The summed E-state index contributed by atoms with van der Waals surface area (Å²) >= 11 is 9.33. The molecule has 4 aromatic rings. The Labute approximate surface area is 185 Å². The molecule has 1 aromatic heterocycles. The molecule has 7 heteroatoms. The number of rotatable bonds is 4. The number of nitrogens with zero attached hydrogens (tertiary/aromatic N) is 2. The summed E-state index contributed by atoms with van der Waals surface area (Å²) in [5.41, 5.74) is 1.28. The predicted molar refractivity (Wildman–Crippen MR) is 122 cm³/mol. The van der Waals surface area contributed by atoms with Crippen molar-refractivity contribution in [3.63, 3.8) is 0 Å². The fourth-order valence-corrected chi connectivity index (χ4v) is 3.78. The lowest BCUT2D eigenvalue weighted by atomic mass is 10.1. The number of hydrogen-bond acceptors (Lipinski definition) is 3. The van der Waals surface area contributed by atoms with Gasteiger partial charge in [0, 0.05) is 15.1 Å². The summed E-state index contributed by atoms with van der Waals surface area (Å²) in [6.07, 6.45) is 0. The maximum Gasteiger partial charge on any atom is 0.336 e. The van der Waals surface area contributed by atoms with Crippen LogP contribution in [-0.2, 0) is 6.54 Å². The Kier molecular flexibility index (Phi) is 5.45. The highest BCUT2D eigenvalue weighted by atomic mass is 79.9. The molecule has 0 fully saturated rings. The summed E-state index contributed by atoms with van der Waals surface area (Å²) in [4.78, 5) is 39.4. The van der Waals surface area contributed by atoms with Crippen molar-refractivity contribution in [2.24, 2.45) is 0 Å². The molecule has 0 unspecified atom stereocenters. The van der Waals surface area contributed by atoms with Crippen LogP contribution in [0.3, 0.4) is 0 Å². The molecule has 0 spiro atoms. The molecule has 30 heavy (non-hydrogen) atoms. The van der Waals surface area contributed by atoms with Crippen molar-refractivity contribution in [1.82, 2.24) is 9.13 Å². The molecular weight excluding hydrogens is 468 g/mol. The second kappa shape index (κ2) is 8.05. The molecule has 5 nitrogen and oxygen atoms in total. The van der Waals surface area contributed by atoms with E-state index in [1.165, 1.54) is 4.57 Å². The molecule has 0 aliphatic carbocycles. The molecule has 0 N–H and O–H groups in total.